The van der Waals surface area contributed by atoms with E-state index in [1.54, 1.807) is 0 Å². The first-order valence-corrected chi connectivity index (χ1v) is 25.2. The number of rotatable bonds is 27. The Balaban J connectivity index is 1.42. The normalized spacial score (nSPS) is 14.0. The van der Waals surface area contributed by atoms with Gasteiger partial charge in [-0.3, -0.25) is 0 Å². The lowest BCUT2D eigenvalue weighted by Gasteiger charge is -2.35. The van der Waals surface area contributed by atoms with E-state index in [1.165, 1.54) is 162 Å². The van der Waals surface area contributed by atoms with Crippen LogP contribution in [0.15, 0.2) is 104 Å². The minimum absolute atomic E-state index is 0.0419. The summed E-state index contributed by atoms with van der Waals surface area (Å²) in [5.74, 6) is 0. The lowest BCUT2D eigenvalue weighted by molar-refractivity contribution is 0.145. The molecule has 2 radical (unpaired) electrons. The number of hydrogen-bond donors (Lipinski definition) is 0. The van der Waals surface area contributed by atoms with Crippen molar-refractivity contribution in [3.05, 3.63) is 154 Å². The molecule has 5 aromatic rings. The van der Waals surface area contributed by atoms with Crippen LogP contribution in [0.4, 0.5) is 0 Å². The summed E-state index contributed by atoms with van der Waals surface area (Å²) in [6, 6.07) is 38.4. The van der Waals surface area contributed by atoms with Crippen molar-refractivity contribution in [3.8, 4) is 22.3 Å². The van der Waals surface area contributed by atoms with E-state index in [0.29, 0.717) is 0 Å². The number of benzene rings is 5. The van der Waals surface area contributed by atoms with Gasteiger partial charge in [-0.1, -0.05) is 194 Å². The zero-order chi connectivity index (χ0) is 44.1. The van der Waals surface area contributed by atoms with E-state index in [0.717, 1.165) is 57.6 Å². The average Bonchev–Trinajstić information content (AvgIpc) is 3.74. The van der Waals surface area contributed by atoms with Gasteiger partial charge in [0.2, 0.25) is 0 Å². The summed E-state index contributed by atoms with van der Waals surface area (Å²) < 4.78 is 11.4. The van der Waals surface area contributed by atoms with Gasteiger partial charge in [0, 0.05) is 31.8 Å². The molecule has 0 saturated heterocycles. The molecule has 0 unspecified atom stereocenters. The maximum atomic E-state index is 6.85. The van der Waals surface area contributed by atoms with Crippen LogP contribution in [0, 0.1) is 0 Å². The van der Waals surface area contributed by atoms with Crippen molar-refractivity contribution in [2.24, 2.45) is 0 Å². The predicted octanol–water partition coefficient (Wildman–Crippen LogP) is 15.2. The molecule has 0 bridgehead atoms. The van der Waals surface area contributed by atoms with Gasteiger partial charge in [-0.25, -0.2) is 0 Å². The van der Waals surface area contributed by atoms with Crippen molar-refractivity contribution in [1.29, 1.82) is 0 Å². The third-order valence-corrected chi connectivity index (χ3v) is 14.5. The van der Waals surface area contributed by atoms with E-state index in [1.807, 2.05) is 0 Å². The zero-order valence-corrected chi connectivity index (χ0v) is 39.5. The van der Waals surface area contributed by atoms with Crippen LogP contribution in [0.2, 0.25) is 0 Å². The molecule has 0 heterocycles. The molecule has 0 N–H and O–H groups in total. The summed E-state index contributed by atoms with van der Waals surface area (Å²) in [5.41, 5.74) is 17.9. The van der Waals surface area contributed by atoms with Crippen molar-refractivity contribution in [2.75, 3.05) is 26.4 Å². The summed E-state index contributed by atoms with van der Waals surface area (Å²) in [6.07, 6.45) is 24.1. The van der Waals surface area contributed by atoms with Crippen LogP contribution in [0.3, 0.4) is 0 Å². The van der Waals surface area contributed by atoms with Gasteiger partial charge in [0.25, 0.3) is 0 Å². The zero-order valence-electron chi connectivity index (χ0n) is 39.5. The van der Waals surface area contributed by atoms with E-state index < -0.39 is 5.41 Å². The maximum absolute atomic E-state index is 6.85. The number of aryl methyl sites for hydroxylation is 2. The maximum Gasteiger partial charge on any atom is 0.113 e. The summed E-state index contributed by atoms with van der Waals surface area (Å²) in [4.78, 5) is 0. The molecule has 330 valence electrons. The second kappa shape index (κ2) is 22.6. The Kier molecular flexibility index (Phi) is 16.8. The first kappa shape index (κ1) is 46.8. The highest BCUT2D eigenvalue weighted by Crippen LogP contribution is 2.62. The highest BCUT2D eigenvalue weighted by atomic mass is 16.5. The predicted molar refractivity (Wildman–Crippen MR) is 271 cm³/mol. The van der Waals surface area contributed by atoms with Crippen molar-refractivity contribution >= 4 is 19.4 Å². The van der Waals surface area contributed by atoms with E-state index in [-0.39, 0.29) is 5.41 Å². The Bertz CT molecular complexity index is 2160. The first-order chi connectivity index (χ1) is 30.9. The monoisotopic (exact) mass is 839 g/mol. The van der Waals surface area contributed by atoms with Crippen molar-refractivity contribution in [1.82, 2.24) is 0 Å². The number of unbranched alkanes of at least 4 members (excludes halogenated alkanes) is 10. The number of ether oxygens (including phenoxy) is 2. The molecule has 63 heavy (non-hydrogen) atoms. The molecule has 5 aromatic carbocycles. The molecule has 0 amide bonds. The van der Waals surface area contributed by atoms with Gasteiger partial charge >= 0.3 is 0 Å². The minimum atomic E-state index is -0.548. The molecule has 0 spiro atoms. The molecule has 0 fully saturated rings. The van der Waals surface area contributed by atoms with Crippen LogP contribution in [0.5, 0.6) is 0 Å². The van der Waals surface area contributed by atoms with Gasteiger partial charge in [0.05, 0.1) is 5.41 Å². The second-order valence-electron chi connectivity index (χ2n) is 18.6. The minimum Gasteiger partial charge on any atom is -0.382 e. The fourth-order valence-electron chi connectivity index (χ4n) is 11.2. The van der Waals surface area contributed by atoms with Crippen LogP contribution in [-0.2, 0) is 33.1 Å². The fourth-order valence-corrected chi connectivity index (χ4v) is 11.2. The molecule has 3 heteroatoms. The Hall–Kier alpha value is -4.18. The lowest BCUT2D eigenvalue weighted by atomic mass is 9.66. The number of fused-ring (bicyclic) bond motifs is 6. The van der Waals surface area contributed by atoms with Crippen LogP contribution in [-0.4, -0.2) is 34.3 Å². The molecule has 0 saturated carbocycles. The van der Waals surface area contributed by atoms with Crippen LogP contribution >= 0.6 is 0 Å². The quantitative estimate of drug-likeness (QED) is 0.0380. The Morgan fingerprint density at radius 1 is 0.476 bits per heavy atom. The largest absolute Gasteiger partial charge is 0.382 e. The Morgan fingerprint density at radius 2 is 0.937 bits per heavy atom. The molecule has 2 aliphatic carbocycles. The van der Waals surface area contributed by atoms with Gasteiger partial charge in [-0.15, -0.1) is 0 Å². The van der Waals surface area contributed by atoms with Crippen LogP contribution in [0.25, 0.3) is 28.3 Å². The molecule has 2 aliphatic rings. The standard InChI is InChI=1S/C60H75BO2/c1-6-11-13-15-17-19-37-59(38-20-18-16-14-12-7-2)55-41-45(8-3)29-35-51(55)53-44-58-54(43-56(53)59)52-36-34-50(61)42-57(52)60(58,48-30-25-46(26-31-48)23-21-39-62-9-4)49-32-27-47(28-33-49)24-22-40-63-10-5/h8,25-36,41-44H,3,6-7,9-24,37-40H2,1-2,4-5H3. The molecule has 0 atom stereocenters. The van der Waals surface area contributed by atoms with E-state index >= 15 is 0 Å². The van der Waals surface area contributed by atoms with Crippen molar-refractivity contribution in [3.63, 3.8) is 0 Å². The molecular formula is C60H75BO2. The highest BCUT2D eigenvalue weighted by Gasteiger charge is 2.50. The van der Waals surface area contributed by atoms with Crippen molar-refractivity contribution < 1.29 is 9.47 Å². The average molecular weight is 839 g/mol. The third kappa shape index (κ3) is 10.1. The molecular weight excluding hydrogens is 763 g/mol. The summed E-state index contributed by atoms with van der Waals surface area (Å²) in [7, 11) is 6.85. The smallest absolute Gasteiger partial charge is 0.113 e. The second-order valence-corrected chi connectivity index (χ2v) is 18.6. The summed E-state index contributed by atoms with van der Waals surface area (Å²) in [5, 5.41) is 0. The molecule has 0 aromatic heterocycles. The Morgan fingerprint density at radius 3 is 1.48 bits per heavy atom. The van der Waals surface area contributed by atoms with E-state index in [4.69, 9.17) is 17.3 Å². The van der Waals surface area contributed by atoms with Crippen LogP contribution in [0.1, 0.15) is 180 Å². The van der Waals surface area contributed by atoms with Gasteiger partial charge in [0.1, 0.15) is 7.85 Å². The van der Waals surface area contributed by atoms with Gasteiger partial charge in [-0.2, -0.15) is 0 Å². The Labute approximate surface area is 383 Å². The van der Waals surface area contributed by atoms with Gasteiger partial charge < -0.3 is 9.47 Å². The van der Waals surface area contributed by atoms with Gasteiger partial charge in [-0.05, 0) is 137 Å². The fraction of sp³-hybridized carbons (Fsp3) is 0.467. The molecule has 0 aliphatic heterocycles. The number of hydrogen-bond acceptors (Lipinski definition) is 2. The van der Waals surface area contributed by atoms with Gasteiger partial charge in [0.15, 0.2) is 0 Å². The first-order valence-electron chi connectivity index (χ1n) is 25.2. The molecule has 7 rings (SSSR count). The SMILES string of the molecule is [B]c1ccc2c(c1)C(c1ccc(CCCOCC)cc1)(c1ccc(CCCOCC)cc1)c1cc3c(cc1-2)C(CCCCCCCC)(CCCCCCCC)c1cc(C=C)ccc1-3. The summed E-state index contributed by atoms with van der Waals surface area (Å²) in [6.45, 7) is 16.2. The summed E-state index contributed by atoms with van der Waals surface area (Å²) >= 11 is 0. The van der Waals surface area contributed by atoms with E-state index in [9.17, 15) is 0 Å². The van der Waals surface area contributed by atoms with Crippen LogP contribution < -0.4 is 5.46 Å². The molecule has 2 nitrogen and oxygen atoms in total. The highest BCUT2D eigenvalue weighted by molar-refractivity contribution is 6.32. The van der Waals surface area contributed by atoms with Crippen molar-refractivity contribution in [2.45, 2.75) is 154 Å². The third-order valence-electron chi connectivity index (χ3n) is 14.5. The topological polar surface area (TPSA) is 18.5 Å². The lowest BCUT2D eigenvalue weighted by Crippen LogP contribution is -2.30. The van der Waals surface area contributed by atoms with E-state index in [2.05, 4.69) is 137 Å².